The SMILES string of the molecule is C=CC(=O)Nc1ccc(-c2cccc(C(C)C(=O)Nc3n[nH]c4ccccc34)c2)cc1.CC. The summed E-state index contributed by atoms with van der Waals surface area (Å²) in [6, 6.07) is 23.1. The Bertz CT molecular complexity index is 1260. The van der Waals surface area contributed by atoms with Gasteiger partial charge in [-0.2, -0.15) is 5.10 Å². The number of hydrogen-bond acceptors (Lipinski definition) is 3. The lowest BCUT2D eigenvalue weighted by atomic mass is 9.95. The van der Waals surface area contributed by atoms with Crippen LogP contribution in [-0.2, 0) is 9.59 Å². The van der Waals surface area contributed by atoms with Crippen LogP contribution in [0.15, 0.2) is 85.5 Å². The van der Waals surface area contributed by atoms with Crippen LogP contribution in [0, 0.1) is 0 Å². The fraction of sp³-hybridized carbons (Fsp3) is 0.148. The number of rotatable bonds is 6. The molecule has 168 valence electrons. The highest BCUT2D eigenvalue weighted by molar-refractivity contribution is 6.02. The number of H-pyrrole nitrogens is 1. The Balaban J connectivity index is 0.00000149. The first kappa shape index (κ1) is 23.5. The molecule has 3 aromatic carbocycles. The number of aromatic nitrogens is 2. The molecule has 1 atom stereocenters. The topological polar surface area (TPSA) is 86.9 Å². The minimum Gasteiger partial charge on any atom is -0.323 e. The van der Waals surface area contributed by atoms with Gasteiger partial charge in [-0.1, -0.05) is 69.0 Å². The van der Waals surface area contributed by atoms with Crippen LogP contribution in [0.5, 0.6) is 0 Å². The molecule has 0 aliphatic rings. The number of para-hydroxylation sites is 1. The molecule has 3 N–H and O–H groups in total. The maximum absolute atomic E-state index is 12.9. The molecule has 0 spiro atoms. The van der Waals surface area contributed by atoms with Gasteiger partial charge >= 0.3 is 0 Å². The van der Waals surface area contributed by atoms with E-state index in [0.29, 0.717) is 11.5 Å². The van der Waals surface area contributed by atoms with Crippen molar-refractivity contribution in [3.8, 4) is 11.1 Å². The van der Waals surface area contributed by atoms with Crippen molar-refractivity contribution < 1.29 is 9.59 Å². The van der Waals surface area contributed by atoms with Gasteiger partial charge in [0.1, 0.15) is 0 Å². The maximum Gasteiger partial charge on any atom is 0.247 e. The predicted octanol–water partition coefficient (Wildman–Crippen LogP) is 6.12. The van der Waals surface area contributed by atoms with Gasteiger partial charge in [0.15, 0.2) is 5.82 Å². The molecule has 4 aromatic rings. The summed E-state index contributed by atoms with van der Waals surface area (Å²) >= 11 is 0. The van der Waals surface area contributed by atoms with Crippen LogP contribution in [0.3, 0.4) is 0 Å². The third-order valence-electron chi connectivity index (χ3n) is 5.16. The van der Waals surface area contributed by atoms with Crippen molar-refractivity contribution in [2.24, 2.45) is 0 Å². The van der Waals surface area contributed by atoms with Gasteiger partial charge in [0.2, 0.25) is 11.8 Å². The van der Waals surface area contributed by atoms with E-state index < -0.39 is 0 Å². The van der Waals surface area contributed by atoms with Crippen molar-refractivity contribution in [2.75, 3.05) is 10.6 Å². The third-order valence-corrected chi connectivity index (χ3v) is 5.16. The highest BCUT2D eigenvalue weighted by atomic mass is 16.2. The molecule has 0 fully saturated rings. The highest BCUT2D eigenvalue weighted by Crippen LogP contribution is 2.27. The van der Waals surface area contributed by atoms with Crippen LogP contribution in [-0.4, -0.2) is 22.0 Å². The van der Waals surface area contributed by atoms with Crippen molar-refractivity contribution in [1.29, 1.82) is 0 Å². The summed E-state index contributed by atoms with van der Waals surface area (Å²) in [6.45, 7) is 9.32. The second kappa shape index (κ2) is 10.9. The van der Waals surface area contributed by atoms with Gasteiger partial charge in [-0.25, -0.2) is 0 Å². The maximum atomic E-state index is 12.9. The lowest BCUT2D eigenvalue weighted by Crippen LogP contribution is -2.19. The normalized spacial score (nSPS) is 11.1. The zero-order valence-electron chi connectivity index (χ0n) is 19.1. The van der Waals surface area contributed by atoms with E-state index in [1.165, 1.54) is 6.08 Å². The van der Waals surface area contributed by atoms with Gasteiger partial charge in [-0.15, -0.1) is 0 Å². The fourth-order valence-corrected chi connectivity index (χ4v) is 3.36. The Kier molecular flexibility index (Phi) is 7.76. The zero-order valence-corrected chi connectivity index (χ0v) is 19.1. The number of carbonyl (C=O) groups is 2. The monoisotopic (exact) mass is 440 g/mol. The third kappa shape index (κ3) is 5.54. The number of carbonyl (C=O) groups excluding carboxylic acids is 2. The number of amides is 2. The molecule has 0 saturated carbocycles. The average molecular weight is 441 g/mol. The Hall–Kier alpha value is -4.19. The van der Waals surface area contributed by atoms with E-state index in [9.17, 15) is 9.59 Å². The summed E-state index contributed by atoms with van der Waals surface area (Å²) in [7, 11) is 0. The first-order valence-electron chi connectivity index (χ1n) is 10.9. The van der Waals surface area contributed by atoms with E-state index in [0.717, 1.165) is 27.6 Å². The fourth-order valence-electron chi connectivity index (χ4n) is 3.36. The molecule has 6 nitrogen and oxygen atoms in total. The smallest absolute Gasteiger partial charge is 0.247 e. The molecule has 1 aromatic heterocycles. The standard InChI is InChI=1S/C25H22N4O2.C2H6/c1-3-23(30)26-20-13-11-17(12-14-20)19-8-6-7-18(15-19)16(2)25(31)27-24-21-9-4-5-10-22(21)28-29-24;1-2/h3-16H,1H2,2H3,(H,26,30)(H2,27,28,29,31);1-2H3. The van der Waals surface area contributed by atoms with Gasteiger partial charge in [-0.05, 0) is 54.0 Å². The molecular formula is C27H28N4O2. The molecule has 1 unspecified atom stereocenters. The number of nitrogens with zero attached hydrogens (tertiary/aromatic N) is 1. The van der Waals surface area contributed by atoms with E-state index in [-0.39, 0.29) is 17.7 Å². The number of benzene rings is 3. The van der Waals surface area contributed by atoms with E-state index >= 15 is 0 Å². The van der Waals surface area contributed by atoms with Gasteiger partial charge in [0.05, 0.1) is 11.4 Å². The van der Waals surface area contributed by atoms with Crippen LogP contribution in [0.4, 0.5) is 11.5 Å². The van der Waals surface area contributed by atoms with Crippen LogP contribution in [0.1, 0.15) is 32.3 Å². The van der Waals surface area contributed by atoms with Crippen LogP contribution in [0.25, 0.3) is 22.0 Å². The molecule has 0 aliphatic carbocycles. The van der Waals surface area contributed by atoms with E-state index in [1.807, 2.05) is 93.6 Å². The highest BCUT2D eigenvalue weighted by Gasteiger charge is 2.18. The van der Waals surface area contributed by atoms with E-state index in [1.54, 1.807) is 0 Å². The molecule has 33 heavy (non-hydrogen) atoms. The largest absolute Gasteiger partial charge is 0.323 e. The second-order valence-corrected chi connectivity index (χ2v) is 7.22. The molecular weight excluding hydrogens is 412 g/mol. The molecule has 1 heterocycles. The van der Waals surface area contributed by atoms with Crippen LogP contribution < -0.4 is 10.6 Å². The quantitative estimate of drug-likeness (QED) is 0.316. The minimum atomic E-state index is -0.360. The summed E-state index contributed by atoms with van der Waals surface area (Å²) in [5.41, 5.74) is 4.45. The average Bonchev–Trinajstić information content (AvgIpc) is 3.28. The zero-order chi connectivity index (χ0) is 23.8. The molecule has 0 bridgehead atoms. The summed E-state index contributed by atoms with van der Waals surface area (Å²) in [4.78, 5) is 24.3. The van der Waals surface area contributed by atoms with Crippen molar-refractivity contribution in [3.05, 3.63) is 91.0 Å². The molecule has 2 amide bonds. The molecule has 0 aliphatic heterocycles. The summed E-state index contributed by atoms with van der Waals surface area (Å²) in [5, 5.41) is 13.7. The number of nitrogens with one attached hydrogen (secondary N) is 3. The summed E-state index contributed by atoms with van der Waals surface area (Å²) in [6.07, 6.45) is 1.23. The number of anilines is 2. The van der Waals surface area contributed by atoms with Crippen LogP contribution >= 0.6 is 0 Å². The van der Waals surface area contributed by atoms with E-state index in [4.69, 9.17) is 0 Å². The van der Waals surface area contributed by atoms with Crippen molar-refractivity contribution in [3.63, 3.8) is 0 Å². The Labute approximate surface area is 193 Å². The first-order chi connectivity index (χ1) is 16.0. The number of hydrogen-bond donors (Lipinski definition) is 3. The predicted molar refractivity (Wildman–Crippen MR) is 135 cm³/mol. The summed E-state index contributed by atoms with van der Waals surface area (Å²) < 4.78 is 0. The first-order valence-corrected chi connectivity index (χ1v) is 10.9. The molecule has 0 radical (unpaired) electrons. The van der Waals surface area contributed by atoms with Crippen molar-refractivity contribution >= 4 is 34.2 Å². The lowest BCUT2D eigenvalue weighted by molar-refractivity contribution is -0.117. The Morgan fingerprint density at radius 3 is 2.39 bits per heavy atom. The van der Waals surface area contributed by atoms with Gasteiger partial charge < -0.3 is 10.6 Å². The second-order valence-electron chi connectivity index (χ2n) is 7.22. The van der Waals surface area contributed by atoms with E-state index in [2.05, 4.69) is 27.4 Å². The summed E-state index contributed by atoms with van der Waals surface area (Å²) in [5.74, 6) is -0.210. The van der Waals surface area contributed by atoms with Crippen molar-refractivity contribution in [2.45, 2.75) is 26.7 Å². The van der Waals surface area contributed by atoms with Gasteiger partial charge in [-0.3, -0.25) is 14.7 Å². The van der Waals surface area contributed by atoms with Gasteiger partial charge in [0, 0.05) is 11.1 Å². The number of fused-ring (bicyclic) bond motifs is 1. The van der Waals surface area contributed by atoms with Gasteiger partial charge in [0.25, 0.3) is 0 Å². The van der Waals surface area contributed by atoms with Crippen LogP contribution in [0.2, 0.25) is 0 Å². The lowest BCUT2D eigenvalue weighted by Gasteiger charge is -2.13. The molecule has 6 heteroatoms. The minimum absolute atomic E-state index is 0.128. The Morgan fingerprint density at radius 2 is 1.67 bits per heavy atom. The number of aromatic amines is 1. The molecule has 4 rings (SSSR count). The Morgan fingerprint density at radius 1 is 0.939 bits per heavy atom. The molecule has 0 saturated heterocycles. The van der Waals surface area contributed by atoms with Crippen molar-refractivity contribution in [1.82, 2.24) is 10.2 Å².